The Morgan fingerprint density at radius 3 is 2.83 bits per heavy atom. The van der Waals surface area contributed by atoms with Crippen LogP contribution in [0.5, 0.6) is 0 Å². The first kappa shape index (κ1) is 13.0. The summed E-state index contributed by atoms with van der Waals surface area (Å²) in [5.74, 6) is -0.468. The highest BCUT2D eigenvalue weighted by molar-refractivity contribution is 6.31. The highest BCUT2D eigenvalue weighted by Gasteiger charge is 2.14. The van der Waals surface area contributed by atoms with Gasteiger partial charge in [0.1, 0.15) is 5.82 Å². The van der Waals surface area contributed by atoms with Crippen molar-refractivity contribution >= 4 is 11.6 Å². The molecule has 0 saturated heterocycles. The van der Waals surface area contributed by atoms with Gasteiger partial charge in [-0.25, -0.2) is 4.39 Å². The Kier molecular flexibility index (Phi) is 3.94. The monoisotopic (exact) mass is 265 g/mol. The number of aryl methyl sites for hydroxylation is 1. The molecule has 0 saturated carbocycles. The number of aromatic nitrogens is 1. The maximum atomic E-state index is 13.3. The zero-order chi connectivity index (χ0) is 13.1. The van der Waals surface area contributed by atoms with Crippen LogP contribution in [0.3, 0.4) is 0 Å². The van der Waals surface area contributed by atoms with E-state index in [0.717, 1.165) is 11.3 Å². The van der Waals surface area contributed by atoms with Gasteiger partial charge in [-0.15, -0.1) is 0 Å². The highest BCUT2D eigenvalue weighted by Crippen LogP contribution is 2.26. The van der Waals surface area contributed by atoms with Crippen LogP contribution < -0.4 is 0 Å². The molecule has 0 radical (unpaired) electrons. The van der Waals surface area contributed by atoms with Gasteiger partial charge in [-0.2, -0.15) is 0 Å². The molecule has 0 spiro atoms. The van der Waals surface area contributed by atoms with Crippen LogP contribution >= 0.6 is 11.6 Å². The minimum Gasteiger partial charge on any atom is -0.388 e. The molecular weight excluding hydrogens is 253 g/mol. The number of aliphatic hydroxyl groups excluding tert-OH is 1. The second-order valence-corrected chi connectivity index (χ2v) is 4.49. The van der Waals surface area contributed by atoms with Crippen LogP contribution in [-0.2, 0) is 6.42 Å². The fraction of sp³-hybridized carbons (Fsp3) is 0.214. The third-order valence-corrected chi connectivity index (χ3v) is 3.27. The molecule has 1 unspecified atom stereocenters. The molecule has 0 bridgehead atoms. The maximum Gasteiger partial charge on any atom is 0.142 e. The Balaban J connectivity index is 2.24. The lowest BCUT2D eigenvalue weighted by molar-refractivity contribution is 0.177. The normalized spacial score (nSPS) is 12.4. The molecule has 1 atom stereocenters. The molecular formula is C14H13ClFNO. The number of nitrogens with zero attached hydrogens (tertiary/aromatic N) is 1. The molecule has 1 heterocycles. The van der Waals surface area contributed by atoms with Gasteiger partial charge in [0.05, 0.1) is 11.1 Å². The first-order chi connectivity index (χ1) is 8.59. The fourth-order valence-electron chi connectivity index (χ4n) is 1.87. The molecule has 1 N–H and O–H groups in total. The first-order valence-electron chi connectivity index (χ1n) is 5.62. The topological polar surface area (TPSA) is 33.1 Å². The van der Waals surface area contributed by atoms with Crippen molar-refractivity contribution in [1.29, 1.82) is 0 Å². The van der Waals surface area contributed by atoms with Crippen LogP contribution in [-0.4, -0.2) is 10.1 Å². The number of halogens is 2. The van der Waals surface area contributed by atoms with E-state index in [1.165, 1.54) is 6.07 Å². The summed E-state index contributed by atoms with van der Waals surface area (Å²) in [6.07, 6.45) is 1.20. The van der Waals surface area contributed by atoms with Crippen molar-refractivity contribution in [3.8, 4) is 0 Å². The standard InChI is InChI=1S/C14H13ClFNO/c1-9-11(5-3-7-17-9)13(18)8-10-4-2-6-12(16)14(10)15/h2-7,13,18H,8H2,1H3. The molecule has 94 valence electrons. The van der Waals surface area contributed by atoms with Crippen LogP contribution in [0, 0.1) is 12.7 Å². The molecule has 0 aliphatic heterocycles. The van der Waals surface area contributed by atoms with E-state index in [1.54, 1.807) is 30.5 Å². The summed E-state index contributed by atoms with van der Waals surface area (Å²) < 4.78 is 13.3. The van der Waals surface area contributed by atoms with E-state index in [0.29, 0.717) is 5.56 Å². The lowest BCUT2D eigenvalue weighted by atomic mass is 10.0. The van der Waals surface area contributed by atoms with E-state index < -0.39 is 11.9 Å². The van der Waals surface area contributed by atoms with Gasteiger partial charge in [0.25, 0.3) is 0 Å². The SMILES string of the molecule is Cc1ncccc1C(O)Cc1cccc(F)c1Cl. The van der Waals surface area contributed by atoms with Gasteiger partial charge in [0.15, 0.2) is 0 Å². The van der Waals surface area contributed by atoms with Crippen LogP contribution in [0.25, 0.3) is 0 Å². The number of hydrogen-bond donors (Lipinski definition) is 1. The minimum atomic E-state index is -0.738. The average molecular weight is 266 g/mol. The lowest BCUT2D eigenvalue weighted by Crippen LogP contribution is -2.05. The average Bonchev–Trinajstić information content (AvgIpc) is 2.35. The summed E-state index contributed by atoms with van der Waals surface area (Å²) in [6.45, 7) is 1.83. The molecule has 4 heteroatoms. The molecule has 1 aromatic carbocycles. The van der Waals surface area contributed by atoms with Crippen molar-refractivity contribution in [3.05, 3.63) is 64.2 Å². The van der Waals surface area contributed by atoms with Gasteiger partial charge in [0.2, 0.25) is 0 Å². The summed E-state index contributed by atoms with van der Waals surface area (Å²) in [7, 11) is 0. The van der Waals surface area contributed by atoms with E-state index in [1.807, 2.05) is 6.92 Å². The lowest BCUT2D eigenvalue weighted by Gasteiger charge is -2.14. The zero-order valence-corrected chi connectivity index (χ0v) is 10.7. The third-order valence-electron chi connectivity index (χ3n) is 2.85. The summed E-state index contributed by atoms with van der Waals surface area (Å²) >= 11 is 5.86. The number of hydrogen-bond acceptors (Lipinski definition) is 2. The quantitative estimate of drug-likeness (QED) is 0.922. The zero-order valence-electron chi connectivity index (χ0n) is 9.90. The van der Waals surface area contributed by atoms with Gasteiger partial charge in [0, 0.05) is 23.9 Å². The molecule has 0 amide bonds. The van der Waals surface area contributed by atoms with Gasteiger partial charge in [-0.1, -0.05) is 29.8 Å². The summed E-state index contributed by atoms with van der Waals surface area (Å²) in [4.78, 5) is 4.11. The molecule has 0 aliphatic rings. The third kappa shape index (κ3) is 2.68. The van der Waals surface area contributed by atoms with E-state index >= 15 is 0 Å². The van der Waals surface area contributed by atoms with E-state index in [-0.39, 0.29) is 11.4 Å². The van der Waals surface area contributed by atoms with Crippen molar-refractivity contribution in [2.24, 2.45) is 0 Å². The predicted octanol–water partition coefficient (Wildman–Crippen LogP) is 3.46. The molecule has 0 fully saturated rings. The fourth-order valence-corrected chi connectivity index (χ4v) is 2.08. The number of benzene rings is 1. The second kappa shape index (κ2) is 5.46. The Morgan fingerprint density at radius 1 is 1.33 bits per heavy atom. The van der Waals surface area contributed by atoms with Crippen molar-refractivity contribution in [2.45, 2.75) is 19.4 Å². The van der Waals surface area contributed by atoms with Gasteiger partial charge >= 0.3 is 0 Å². The minimum absolute atomic E-state index is 0.0677. The van der Waals surface area contributed by atoms with Crippen molar-refractivity contribution < 1.29 is 9.50 Å². The van der Waals surface area contributed by atoms with E-state index in [4.69, 9.17) is 11.6 Å². The van der Waals surface area contributed by atoms with Crippen molar-refractivity contribution in [1.82, 2.24) is 4.98 Å². The van der Waals surface area contributed by atoms with E-state index in [9.17, 15) is 9.50 Å². The van der Waals surface area contributed by atoms with Crippen molar-refractivity contribution in [3.63, 3.8) is 0 Å². The molecule has 2 aromatic rings. The number of aliphatic hydroxyl groups is 1. The number of pyridine rings is 1. The van der Waals surface area contributed by atoms with Crippen LogP contribution in [0.15, 0.2) is 36.5 Å². The smallest absolute Gasteiger partial charge is 0.142 e. The van der Waals surface area contributed by atoms with Gasteiger partial charge in [-0.3, -0.25) is 4.98 Å². The molecule has 2 rings (SSSR count). The molecule has 1 aromatic heterocycles. The van der Waals surface area contributed by atoms with Gasteiger partial charge < -0.3 is 5.11 Å². The summed E-state index contributed by atoms with van der Waals surface area (Å²) in [5.41, 5.74) is 2.09. The first-order valence-corrected chi connectivity index (χ1v) is 6.00. The van der Waals surface area contributed by atoms with E-state index in [2.05, 4.69) is 4.98 Å². The largest absolute Gasteiger partial charge is 0.388 e. The second-order valence-electron chi connectivity index (χ2n) is 4.11. The Hall–Kier alpha value is -1.45. The van der Waals surface area contributed by atoms with Crippen LogP contribution in [0.1, 0.15) is 22.9 Å². The number of rotatable bonds is 3. The maximum absolute atomic E-state index is 13.3. The molecule has 18 heavy (non-hydrogen) atoms. The Bertz CT molecular complexity index is 559. The Morgan fingerprint density at radius 2 is 2.11 bits per heavy atom. The summed E-state index contributed by atoms with van der Waals surface area (Å²) in [6, 6.07) is 8.16. The van der Waals surface area contributed by atoms with Crippen LogP contribution in [0.4, 0.5) is 4.39 Å². The highest BCUT2D eigenvalue weighted by atomic mass is 35.5. The van der Waals surface area contributed by atoms with Crippen LogP contribution in [0.2, 0.25) is 5.02 Å². The Labute approximate surface area is 110 Å². The predicted molar refractivity (Wildman–Crippen MR) is 69.0 cm³/mol. The molecule has 0 aliphatic carbocycles. The summed E-state index contributed by atoms with van der Waals surface area (Å²) in [5, 5.41) is 10.2. The van der Waals surface area contributed by atoms with Gasteiger partial charge in [-0.05, 0) is 24.6 Å². The molecule has 2 nitrogen and oxygen atoms in total. The van der Waals surface area contributed by atoms with Crippen molar-refractivity contribution in [2.75, 3.05) is 0 Å².